The maximum Gasteiger partial charge on any atom is 0.242 e. The highest BCUT2D eigenvalue weighted by Crippen LogP contribution is 2.47. The lowest BCUT2D eigenvalue weighted by molar-refractivity contribution is -0.121. The van der Waals surface area contributed by atoms with E-state index in [1.807, 2.05) is 24.3 Å². The number of halogens is 1. The molecule has 1 amide bonds. The minimum absolute atomic E-state index is 0.0470. The zero-order valence-corrected chi connectivity index (χ0v) is 11.8. The fourth-order valence-corrected chi connectivity index (χ4v) is 3.20. The van der Waals surface area contributed by atoms with E-state index in [1.165, 1.54) is 12.1 Å². The van der Waals surface area contributed by atoms with E-state index < -0.39 is 5.41 Å². The second kappa shape index (κ2) is 4.85. The number of fused-ring (bicyclic) bond motifs is 1. The van der Waals surface area contributed by atoms with Crippen LogP contribution in [0.25, 0.3) is 0 Å². The van der Waals surface area contributed by atoms with E-state index in [2.05, 4.69) is 6.58 Å². The minimum atomic E-state index is -0.880. The molecule has 0 spiro atoms. The summed E-state index contributed by atoms with van der Waals surface area (Å²) in [6.07, 6.45) is 2.16. The number of carbonyl (C=O) groups excluding carboxylic acids is 1. The van der Waals surface area contributed by atoms with Crippen molar-refractivity contribution in [2.45, 2.75) is 11.8 Å². The van der Waals surface area contributed by atoms with Gasteiger partial charge in [0.15, 0.2) is 0 Å². The minimum Gasteiger partial charge on any atom is -0.314 e. The molecule has 1 aliphatic heterocycles. The Morgan fingerprint density at radius 2 is 2.00 bits per heavy atom. The summed E-state index contributed by atoms with van der Waals surface area (Å²) in [6, 6.07) is 13.9. The predicted octanol–water partition coefficient (Wildman–Crippen LogP) is 3.66. The molecule has 0 radical (unpaired) electrons. The zero-order chi connectivity index (χ0) is 15.0. The van der Waals surface area contributed by atoms with Crippen LogP contribution in [-0.4, -0.2) is 13.0 Å². The highest BCUT2D eigenvalue weighted by atomic mass is 19.1. The summed E-state index contributed by atoms with van der Waals surface area (Å²) in [7, 11) is 1.76. The quantitative estimate of drug-likeness (QED) is 0.786. The summed E-state index contributed by atoms with van der Waals surface area (Å²) >= 11 is 0. The van der Waals surface area contributed by atoms with Crippen LogP contribution in [0.3, 0.4) is 0 Å². The monoisotopic (exact) mass is 281 g/mol. The summed E-state index contributed by atoms with van der Waals surface area (Å²) < 4.78 is 13.7. The van der Waals surface area contributed by atoms with Crippen LogP contribution < -0.4 is 4.90 Å². The molecule has 2 aromatic rings. The van der Waals surface area contributed by atoms with Crippen molar-refractivity contribution in [1.29, 1.82) is 0 Å². The number of likely N-dealkylation sites (N-methyl/N-ethyl adjacent to an activating group) is 1. The number of rotatable bonds is 3. The van der Waals surface area contributed by atoms with Crippen LogP contribution in [-0.2, 0) is 10.2 Å². The van der Waals surface area contributed by atoms with Crippen molar-refractivity contribution in [3.63, 3.8) is 0 Å². The molecule has 106 valence electrons. The first-order valence-corrected chi connectivity index (χ1v) is 6.86. The lowest BCUT2D eigenvalue weighted by Crippen LogP contribution is -2.39. The van der Waals surface area contributed by atoms with Gasteiger partial charge in [0, 0.05) is 12.7 Å². The van der Waals surface area contributed by atoms with E-state index in [1.54, 1.807) is 30.2 Å². The molecule has 3 heteroatoms. The van der Waals surface area contributed by atoms with Gasteiger partial charge in [0.1, 0.15) is 11.2 Å². The van der Waals surface area contributed by atoms with Gasteiger partial charge in [0.25, 0.3) is 0 Å². The third-order valence-electron chi connectivity index (χ3n) is 4.16. The molecule has 2 aromatic carbocycles. The van der Waals surface area contributed by atoms with Gasteiger partial charge >= 0.3 is 0 Å². The fraction of sp³-hybridized carbons (Fsp3) is 0.167. The Morgan fingerprint density at radius 1 is 1.24 bits per heavy atom. The van der Waals surface area contributed by atoms with Gasteiger partial charge in [0.2, 0.25) is 5.91 Å². The Kier molecular flexibility index (Phi) is 3.13. The molecule has 0 saturated heterocycles. The third-order valence-corrected chi connectivity index (χ3v) is 4.16. The second-order valence-corrected chi connectivity index (χ2v) is 5.29. The number of carbonyl (C=O) groups is 1. The maximum absolute atomic E-state index is 13.7. The van der Waals surface area contributed by atoms with Crippen LogP contribution in [0.1, 0.15) is 17.5 Å². The third kappa shape index (κ3) is 1.81. The lowest BCUT2D eigenvalue weighted by Gasteiger charge is -2.27. The molecule has 0 fully saturated rings. The molecule has 0 aliphatic carbocycles. The van der Waals surface area contributed by atoms with Crippen molar-refractivity contribution < 1.29 is 9.18 Å². The van der Waals surface area contributed by atoms with Gasteiger partial charge in [-0.05, 0) is 35.7 Å². The molecule has 0 unspecified atom stereocenters. The summed E-state index contributed by atoms with van der Waals surface area (Å²) in [4.78, 5) is 14.6. The van der Waals surface area contributed by atoms with Gasteiger partial charge in [-0.15, -0.1) is 6.58 Å². The molecule has 3 rings (SSSR count). The summed E-state index contributed by atoms with van der Waals surface area (Å²) in [5.74, 6) is -0.384. The molecular formula is C18H16FNO. The van der Waals surface area contributed by atoms with Crippen molar-refractivity contribution >= 4 is 11.6 Å². The Labute approximate surface area is 123 Å². The molecule has 2 nitrogen and oxygen atoms in total. The number of anilines is 1. The second-order valence-electron chi connectivity index (χ2n) is 5.29. The van der Waals surface area contributed by atoms with Gasteiger partial charge < -0.3 is 4.90 Å². The highest BCUT2D eigenvalue weighted by Gasteiger charge is 2.49. The highest BCUT2D eigenvalue weighted by molar-refractivity contribution is 6.10. The van der Waals surface area contributed by atoms with Gasteiger partial charge in [-0.25, -0.2) is 4.39 Å². The molecular weight excluding hydrogens is 265 g/mol. The molecule has 21 heavy (non-hydrogen) atoms. The van der Waals surface area contributed by atoms with Gasteiger partial charge in [0.05, 0.1) is 0 Å². The largest absolute Gasteiger partial charge is 0.314 e. The number of nitrogens with zero attached hydrogens (tertiary/aromatic N) is 1. The zero-order valence-electron chi connectivity index (χ0n) is 11.8. The van der Waals surface area contributed by atoms with Crippen LogP contribution in [0.4, 0.5) is 10.1 Å². The van der Waals surface area contributed by atoms with Crippen LogP contribution >= 0.6 is 0 Å². The SMILES string of the molecule is C=CC[C@]1(c2cccc(F)c2)C(=O)N(C)c2ccccc21. The van der Waals surface area contributed by atoms with Crippen LogP contribution in [0.5, 0.6) is 0 Å². The first kappa shape index (κ1) is 13.6. The molecule has 0 aromatic heterocycles. The van der Waals surface area contributed by atoms with E-state index in [0.29, 0.717) is 12.0 Å². The first-order chi connectivity index (χ1) is 10.1. The Morgan fingerprint density at radius 3 is 2.71 bits per heavy atom. The van der Waals surface area contributed by atoms with Crippen molar-refractivity contribution in [2.75, 3.05) is 11.9 Å². The number of hydrogen-bond acceptors (Lipinski definition) is 1. The van der Waals surface area contributed by atoms with Gasteiger partial charge in [-0.3, -0.25) is 4.79 Å². The Balaban J connectivity index is 2.32. The van der Waals surface area contributed by atoms with Gasteiger partial charge in [-0.2, -0.15) is 0 Å². The Bertz CT molecular complexity index is 725. The van der Waals surface area contributed by atoms with E-state index in [-0.39, 0.29) is 11.7 Å². The predicted molar refractivity (Wildman–Crippen MR) is 81.8 cm³/mol. The van der Waals surface area contributed by atoms with Crippen molar-refractivity contribution in [2.24, 2.45) is 0 Å². The van der Waals surface area contributed by atoms with Gasteiger partial charge in [-0.1, -0.05) is 36.4 Å². The smallest absolute Gasteiger partial charge is 0.242 e. The average molecular weight is 281 g/mol. The molecule has 0 saturated carbocycles. The summed E-state index contributed by atoms with van der Waals surface area (Å²) in [6.45, 7) is 3.79. The number of para-hydroxylation sites is 1. The summed E-state index contributed by atoms with van der Waals surface area (Å²) in [5.41, 5.74) is 1.57. The van der Waals surface area contributed by atoms with Crippen molar-refractivity contribution in [1.82, 2.24) is 0 Å². The molecule has 0 N–H and O–H groups in total. The number of amides is 1. The molecule has 0 bridgehead atoms. The van der Waals surface area contributed by atoms with Crippen LogP contribution in [0, 0.1) is 5.82 Å². The molecule has 1 heterocycles. The van der Waals surface area contributed by atoms with E-state index in [9.17, 15) is 9.18 Å². The standard InChI is InChI=1S/C18H16FNO/c1-3-11-18(13-7-6-8-14(19)12-13)15-9-4-5-10-16(15)20(2)17(18)21/h3-10,12H,1,11H2,2H3/t18-/m1/s1. The number of allylic oxidation sites excluding steroid dienone is 1. The topological polar surface area (TPSA) is 20.3 Å². The normalized spacial score (nSPS) is 20.5. The lowest BCUT2D eigenvalue weighted by atomic mass is 9.73. The van der Waals surface area contributed by atoms with E-state index in [0.717, 1.165) is 11.3 Å². The number of benzene rings is 2. The summed E-state index contributed by atoms with van der Waals surface area (Å²) in [5, 5.41) is 0. The fourth-order valence-electron chi connectivity index (χ4n) is 3.20. The Hall–Kier alpha value is -2.42. The first-order valence-electron chi connectivity index (χ1n) is 6.86. The maximum atomic E-state index is 13.7. The number of hydrogen-bond donors (Lipinski definition) is 0. The van der Waals surface area contributed by atoms with Crippen LogP contribution in [0.2, 0.25) is 0 Å². The van der Waals surface area contributed by atoms with Crippen molar-refractivity contribution in [3.05, 3.63) is 78.1 Å². The van der Waals surface area contributed by atoms with E-state index in [4.69, 9.17) is 0 Å². The van der Waals surface area contributed by atoms with E-state index >= 15 is 0 Å². The average Bonchev–Trinajstić information content (AvgIpc) is 2.71. The molecule has 1 aliphatic rings. The van der Waals surface area contributed by atoms with Crippen LogP contribution in [0.15, 0.2) is 61.2 Å². The van der Waals surface area contributed by atoms with Crippen molar-refractivity contribution in [3.8, 4) is 0 Å². The molecule has 1 atom stereocenters.